The van der Waals surface area contributed by atoms with E-state index in [0.29, 0.717) is 17.9 Å². The average Bonchev–Trinajstić information content (AvgIpc) is 3.41. The molecule has 1 saturated carbocycles. The summed E-state index contributed by atoms with van der Waals surface area (Å²) in [6.07, 6.45) is 8.27. The lowest BCUT2D eigenvalue weighted by Crippen LogP contribution is -3.00. The van der Waals surface area contributed by atoms with Crippen molar-refractivity contribution in [3.05, 3.63) is 53.2 Å². The lowest BCUT2D eigenvalue weighted by molar-refractivity contribution is -0.700. The van der Waals surface area contributed by atoms with E-state index in [1.54, 1.807) is 14.2 Å². The predicted octanol–water partition coefficient (Wildman–Crippen LogP) is 1.44. The van der Waals surface area contributed by atoms with Crippen LogP contribution in [0.1, 0.15) is 34.5 Å². The predicted molar refractivity (Wildman–Crippen MR) is 107 cm³/mol. The molecule has 1 fully saturated rings. The maximum atomic E-state index is 12.7. The van der Waals surface area contributed by atoms with E-state index in [2.05, 4.69) is 29.1 Å². The van der Waals surface area contributed by atoms with Gasteiger partial charge in [0.15, 0.2) is 36.2 Å². The molecule has 0 spiro atoms. The number of thiophene rings is 1. The lowest BCUT2D eigenvalue weighted by Gasteiger charge is -2.06. The van der Waals surface area contributed by atoms with Crippen LogP contribution < -0.4 is 31.0 Å². The van der Waals surface area contributed by atoms with Crippen LogP contribution in [-0.4, -0.2) is 20.0 Å². The Morgan fingerprint density at radius 2 is 1.79 bits per heavy atom. The Morgan fingerprint density at radius 1 is 1.11 bits per heavy atom. The molecule has 0 bridgehead atoms. The Kier molecular flexibility index (Phi) is 6.73. The largest absolute Gasteiger partial charge is 1.00 e. The fraction of sp³-hybridized carbons (Fsp3) is 0.364. The number of ether oxygens (including phenoxy) is 2. The lowest BCUT2D eigenvalue weighted by atomic mass is 10.1. The fourth-order valence-electron chi connectivity index (χ4n) is 3.26. The third-order valence-electron chi connectivity index (χ3n) is 5.06. The van der Waals surface area contributed by atoms with Gasteiger partial charge < -0.3 is 26.5 Å². The van der Waals surface area contributed by atoms with Gasteiger partial charge in [0.05, 0.1) is 19.1 Å². The van der Waals surface area contributed by atoms with Gasteiger partial charge in [0.2, 0.25) is 0 Å². The first-order valence-electron chi connectivity index (χ1n) is 9.33. The second-order valence-electron chi connectivity index (χ2n) is 7.13. The first kappa shape index (κ1) is 20.8. The van der Waals surface area contributed by atoms with Gasteiger partial charge in [-0.25, -0.2) is 4.57 Å². The van der Waals surface area contributed by atoms with E-state index < -0.39 is 0 Å². The number of benzene rings is 1. The molecule has 148 valence electrons. The van der Waals surface area contributed by atoms with Crippen molar-refractivity contribution >= 4 is 27.2 Å². The monoisotopic (exact) mass is 461 g/mol. The highest BCUT2D eigenvalue weighted by Gasteiger charge is 2.25. The highest BCUT2D eigenvalue weighted by molar-refractivity contribution is 7.20. The Hall–Kier alpha value is -1.92. The minimum atomic E-state index is 0. The zero-order chi connectivity index (χ0) is 18.8. The van der Waals surface area contributed by atoms with Crippen molar-refractivity contribution < 1.29 is 35.8 Å². The van der Waals surface area contributed by atoms with Crippen LogP contribution in [0.5, 0.6) is 11.5 Å². The van der Waals surface area contributed by atoms with Crippen molar-refractivity contribution in [1.82, 2.24) is 0 Å². The zero-order valence-corrected chi connectivity index (χ0v) is 18.5. The topological polar surface area (TPSA) is 39.4 Å². The third-order valence-corrected chi connectivity index (χ3v) is 6.20. The minimum Gasteiger partial charge on any atom is -1.00 e. The van der Waals surface area contributed by atoms with Gasteiger partial charge in [-0.2, -0.15) is 0 Å². The molecule has 4 rings (SSSR count). The van der Waals surface area contributed by atoms with E-state index in [4.69, 9.17) is 9.47 Å². The number of nitrogens with zero attached hydrogens (tertiary/aromatic N) is 1. The summed E-state index contributed by atoms with van der Waals surface area (Å²) in [4.78, 5) is 13.5. The van der Waals surface area contributed by atoms with Gasteiger partial charge in [-0.3, -0.25) is 4.79 Å². The van der Waals surface area contributed by atoms with Gasteiger partial charge in [0.25, 0.3) is 0 Å². The maximum absolute atomic E-state index is 12.7. The van der Waals surface area contributed by atoms with Crippen LogP contribution in [0.4, 0.5) is 0 Å². The Bertz CT molecular complexity index is 923. The molecule has 0 atom stereocenters. The molecule has 1 aliphatic carbocycles. The summed E-state index contributed by atoms with van der Waals surface area (Å²) in [5.41, 5.74) is 1.21. The highest BCUT2D eigenvalue weighted by atomic mass is 79.9. The first-order chi connectivity index (χ1) is 13.2. The van der Waals surface area contributed by atoms with Gasteiger partial charge in [-0.15, -0.1) is 11.3 Å². The molecule has 0 unspecified atom stereocenters. The summed E-state index contributed by atoms with van der Waals surface area (Å²) >= 11 is 1.52. The van der Waals surface area contributed by atoms with E-state index in [0.717, 1.165) is 33.8 Å². The van der Waals surface area contributed by atoms with Gasteiger partial charge in [0.1, 0.15) is 0 Å². The van der Waals surface area contributed by atoms with E-state index in [1.807, 2.05) is 18.2 Å². The molecule has 1 aliphatic rings. The molecule has 3 aromatic rings. The normalized spacial score (nSPS) is 13.2. The quantitative estimate of drug-likeness (QED) is 0.376. The van der Waals surface area contributed by atoms with E-state index in [-0.39, 0.29) is 22.8 Å². The second-order valence-corrected chi connectivity index (χ2v) is 8.21. The summed E-state index contributed by atoms with van der Waals surface area (Å²) < 4.78 is 14.0. The number of fused-ring (bicyclic) bond motifs is 1. The van der Waals surface area contributed by atoms with Gasteiger partial charge in [-0.1, -0.05) is 0 Å². The van der Waals surface area contributed by atoms with Crippen LogP contribution in [0, 0.1) is 5.92 Å². The summed E-state index contributed by atoms with van der Waals surface area (Å²) in [7, 11) is 3.24. The maximum Gasteiger partial charge on any atom is 0.173 e. The molecule has 28 heavy (non-hydrogen) atoms. The van der Waals surface area contributed by atoms with Gasteiger partial charge >= 0.3 is 0 Å². The Balaban J connectivity index is 0.00000225. The first-order valence-corrected chi connectivity index (χ1v) is 10.1. The molecule has 0 aliphatic heterocycles. The van der Waals surface area contributed by atoms with Gasteiger partial charge in [0, 0.05) is 35.2 Å². The molecular weight excluding hydrogens is 438 g/mol. The Labute approximate surface area is 179 Å². The number of pyridine rings is 1. The number of aromatic nitrogens is 1. The smallest absolute Gasteiger partial charge is 0.173 e. The summed E-state index contributed by atoms with van der Waals surface area (Å²) in [5, 5.41) is 1.02. The van der Waals surface area contributed by atoms with Crippen LogP contribution in [0.15, 0.2) is 42.7 Å². The van der Waals surface area contributed by atoms with Crippen molar-refractivity contribution in [1.29, 1.82) is 0 Å². The highest BCUT2D eigenvalue weighted by Crippen LogP contribution is 2.36. The molecule has 0 saturated heterocycles. The molecule has 4 nitrogen and oxygen atoms in total. The number of Topliss-reactive ketones (excluding diaryl/α,β-unsaturated/α-hetero) is 1. The van der Waals surface area contributed by atoms with E-state index in [9.17, 15) is 4.79 Å². The molecule has 6 heteroatoms. The number of aryl methyl sites for hydroxylation is 1. The van der Waals surface area contributed by atoms with Crippen LogP contribution in [0.25, 0.3) is 10.1 Å². The summed E-state index contributed by atoms with van der Waals surface area (Å²) in [5.74, 6) is 2.43. The molecular formula is C22H24BrNO3S. The number of methoxy groups -OCH3 is 2. The molecule has 1 aromatic carbocycles. The second kappa shape index (κ2) is 9.05. The van der Waals surface area contributed by atoms with Crippen molar-refractivity contribution in [2.24, 2.45) is 5.92 Å². The molecule has 0 N–H and O–H groups in total. The summed E-state index contributed by atoms with van der Waals surface area (Å²) in [6.45, 7) is 1.12. The number of hydrogen-bond acceptors (Lipinski definition) is 4. The average molecular weight is 462 g/mol. The van der Waals surface area contributed by atoms with Crippen molar-refractivity contribution in [3.8, 4) is 11.5 Å². The molecule has 2 heterocycles. The van der Waals surface area contributed by atoms with Crippen LogP contribution in [-0.2, 0) is 13.0 Å². The standard InChI is InChI=1S/C22H24NO3S.BrH/c1-25-19-11-17-12-22(27-21(17)13-20(19)26-2)18(24)6-5-15-7-9-23(10-8-15)14-16-3-4-16;/h7-13,16H,3-6,14H2,1-2H3;1H/q+1;/p-1. The molecule has 0 amide bonds. The van der Waals surface area contributed by atoms with Crippen molar-refractivity contribution in [2.75, 3.05) is 14.2 Å². The third kappa shape index (κ3) is 4.73. The fourth-order valence-corrected chi connectivity index (χ4v) is 4.30. The number of carbonyl (C=O) groups excluding carboxylic acids is 1. The Morgan fingerprint density at radius 3 is 2.43 bits per heavy atom. The minimum absolute atomic E-state index is 0. The molecule has 2 aromatic heterocycles. The number of carbonyl (C=O) groups is 1. The zero-order valence-electron chi connectivity index (χ0n) is 16.1. The van der Waals surface area contributed by atoms with E-state index >= 15 is 0 Å². The van der Waals surface area contributed by atoms with Crippen LogP contribution in [0.3, 0.4) is 0 Å². The molecule has 0 radical (unpaired) electrons. The van der Waals surface area contributed by atoms with Crippen molar-refractivity contribution in [2.45, 2.75) is 32.2 Å². The summed E-state index contributed by atoms with van der Waals surface area (Å²) in [6, 6.07) is 10.1. The van der Waals surface area contributed by atoms with Crippen LogP contribution >= 0.6 is 11.3 Å². The number of halogens is 1. The van der Waals surface area contributed by atoms with Crippen molar-refractivity contribution in [3.63, 3.8) is 0 Å². The van der Waals surface area contributed by atoms with E-state index in [1.165, 1.54) is 29.7 Å². The number of rotatable bonds is 8. The number of ketones is 1. The number of hydrogen-bond donors (Lipinski definition) is 0. The van der Waals surface area contributed by atoms with Crippen LogP contribution in [0.2, 0.25) is 0 Å². The van der Waals surface area contributed by atoms with Gasteiger partial charge in [-0.05, 0) is 42.3 Å². The SMILES string of the molecule is COc1cc2cc(C(=O)CCc3cc[n+](CC4CC4)cc3)sc2cc1OC.[Br-].